The van der Waals surface area contributed by atoms with Crippen molar-refractivity contribution in [3.8, 4) is 28.4 Å². The molecule has 6 nitrogen and oxygen atoms in total. The van der Waals surface area contributed by atoms with E-state index in [1.54, 1.807) is 0 Å². The molecule has 1 atom stereocenters. The molecule has 1 fully saturated rings. The second-order valence-corrected chi connectivity index (χ2v) is 8.12. The van der Waals surface area contributed by atoms with Gasteiger partial charge in [-0.3, -0.25) is 9.69 Å². The minimum Gasteiger partial charge on any atom is -0.483 e. The highest BCUT2D eigenvalue weighted by atomic mass is 16.7. The third-order valence-corrected chi connectivity index (χ3v) is 5.63. The monoisotopic (exact) mass is 410 g/mol. The average Bonchev–Trinajstić information content (AvgIpc) is 3.21. The van der Waals surface area contributed by atoms with Crippen molar-refractivity contribution in [1.29, 1.82) is 0 Å². The van der Waals surface area contributed by atoms with Crippen LogP contribution in [0.25, 0.3) is 11.1 Å². The Kier molecular flexibility index (Phi) is 6.43. The van der Waals surface area contributed by atoms with E-state index in [2.05, 4.69) is 23.2 Å². The molecule has 0 aromatic heterocycles. The number of benzene rings is 2. The average molecular weight is 411 g/mol. The van der Waals surface area contributed by atoms with Gasteiger partial charge in [0.2, 0.25) is 6.79 Å². The molecule has 4 rings (SSSR count). The highest BCUT2D eigenvalue weighted by molar-refractivity contribution is 5.77. The molecule has 2 aliphatic heterocycles. The molecule has 2 aromatic rings. The van der Waals surface area contributed by atoms with Crippen LogP contribution in [0.2, 0.25) is 0 Å². The van der Waals surface area contributed by atoms with Crippen molar-refractivity contribution in [2.24, 2.45) is 5.92 Å². The van der Waals surface area contributed by atoms with E-state index in [0.717, 1.165) is 53.6 Å². The van der Waals surface area contributed by atoms with Gasteiger partial charge >= 0.3 is 0 Å². The van der Waals surface area contributed by atoms with Gasteiger partial charge in [-0.25, -0.2) is 0 Å². The number of piperidine rings is 1. The molecule has 0 unspecified atom stereocenters. The summed E-state index contributed by atoms with van der Waals surface area (Å²) in [5.74, 6) is 2.92. The molecule has 2 aliphatic rings. The lowest BCUT2D eigenvalue weighted by atomic mass is 9.98. The van der Waals surface area contributed by atoms with Crippen LogP contribution in [0.1, 0.15) is 32.3 Å². The maximum Gasteiger partial charge on any atom is 0.257 e. The minimum absolute atomic E-state index is 0.0284. The lowest BCUT2D eigenvalue weighted by Crippen LogP contribution is -2.34. The van der Waals surface area contributed by atoms with E-state index in [4.69, 9.17) is 14.2 Å². The summed E-state index contributed by atoms with van der Waals surface area (Å²) in [4.78, 5) is 14.4. The zero-order valence-corrected chi connectivity index (χ0v) is 17.8. The Bertz CT molecular complexity index is 899. The van der Waals surface area contributed by atoms with E-state index < -0.39 is 0 Å². The highest BCUT2D eigenvalue weighted by Gasteiger charge is 2.19. The van der Waals surface area contributed by atoms with Crippen LogP contribution in [0, 0.1) is 5.92 Å². The van der Waals surface area contributed by atoms with Crippen molar-refractivity contribution in [2.75, 3.05) is 33.0 Å². The summed E-state index contributed by atoms with van der Waals surface area (Å²) in [6.45, 7) is 8.10. The SMILES string of the molecule is CCNC(=O)COc1ccc(-c2ccc3c(c2)OCO3)cc1CN1CCC[C@H](C)C1. The van der Waals surface area contributed by atoms with Crippen molar-refractivity contribution in [3.05, 3.63) is 42.0 Å². The fourth-order valence-electron chi connectivity index (χ4n) is 4.16. The molecule has 160 valence electrons. The summed E-state index contributed by atoms with van der Waals surface area (Å²) in [5.41, 5.74) is 3.27. The first-order chi connectivity index (χ1) is 14.6. The van der Waals surface area contributed by atoms with Gasteiger partial charge in [-0.1, -0.05) is 19.1 Å². The fraction of sp³-hybridized carbons (Fsp3) is 0.458. The Hall–Kier alpha value is -2.73. The van der Waals surface area contributed by atoms with Crippen LogP contribution in [-0.4, -0.2) is 43.8 Å². The molecule has 2 heterocycles. The van der Waals surface area contributed by atoms with E-state index >= 15 is 0 Å². The number of rotatable bonds is 7. The number of nitrogens with one attached hydrogen (secondary N) is 1. The van der Waals surface area contributed by atoms with Gasteiger partial charge < -0.3 is 19.5 Å². The number of nitrogens with zero attached hydrogens (tertiary/aromatic N) is 1. The van der Waals surface area contributed by atoms with E-state index in [1.165, 1.54) is 12.8 Å². The standard InChI is InChI=1S/C24H30N2O4/c1-3-25-24(27)15-28-21-8-6-18(19-7-9-22-23(12-19)30-16-29-22)11-20(21)14-26-10-4-5-17(2)13-26/h6-9,11-12,17H,3-5,10,13-16H2,1-2H3,(H,25,27)/t17-/m0/s1. The van der Waals surface area contributed by atoms with Crippen molar-refractivity contribution < 1.29 is 19.0 Å². The van der Waals surface area contributed by atoms with Crippen LogP contribution in [0.3, 0.4) is 0 Å². The first-order valence-corrected chi connectivity index (χ1v) is 10.8. The number of likely N-dealkylation sites (N-methyl/N-ethyl adjacent to an activating group) is 1. The molecule has 0 spiro atoms. The molecule has 2 aromatic carbocycles. The maximum absolute atomic E-state index is 11.9. The van der Waals surface area contributed by atoms with Gasteiger partial charge in [0, 0.05) is 25.2 Å². The Morgan fingerprint density at radius 1 is 1.17 bits per heavy atom. The van der Waals surface area contributed by atoms with Gasteiger partial charge in [0.15, 0.2) is 18.1 Å². The van der Waals surface area contributed by atoms with Crippen molar-refractivity contribution in [2.45, 2.75) is 33.2 Å². The lowest BCUT2D eigenvalue weighted by Gasteiger charge is -2.31. The number of hydrogen-bond donors (Lipinski definition) is 1. The molecule has 30 heavy (non-hydrogen) atoms. The van der Waals surface area contributed by atoms with E-state index in [-0.39, 0.29) is 19.3 Å². The van der Waals surface area contributed by atoms with Gasteiger partial charge in [0.1, 0.15) is 5.75 Å². The third kappa shape index (κ3) is 4.87. The first-order valence-electron chi connectivity index (χ1n) is 10.8. The van der Waals surface area contributed by atoms with Crippen molar-refractivity contribution in [3.63, 3.8) is 0 Å². The third-order valence-electron chi connectivity index (χ3n) is 5.63. The number of fused-ring (bicyclic) bond motifs is 1. The summed E-state index contributed by atoms with van der Waals surface area (Å²) in [5, 5.41) is 2.78. The number of amides is 1. The van der Waals surface area contributed by atoms with Gasteiger partial charge in [-0.15, -0.1) is 0 Å². The predicted molar refractivity (Wildman–Crippen MR) is 116 cm³/mol. The largest absolute Gasteiger partial charge is 0.483 e. The van der Waals surface area contributed by atoms with Crippen LogP contribution in [0.5, 0.6) is 17.2 Å². The Labute approximate surface area is 178 Å². The maximum atomic E-state index is 11.9. The second kappa shape index (κ2) is 9.39. The fourth-order valence-corrected chi connectivity index (χ4v) is 4.16. The predicted octanol–water partition coefficient (Wildman–Crippen LogP) is 3.83. The molecule has 1 amide bonds. The van der Waals surface area contributed by atoms with Crippen LogP contribution >= 0.6 is 0 Å². The number of hydrogen-bond acceptors (Lipinski definition) is 5. The van der Waals surface area contributed by atoms with Crippen molar-refractivity contribution >= 4 is 5.91 Å². The topological polar surface area (TPSA) is 60.0 Å². The molecular formula is C24H30N2O4. The Morgan fingerprint density at radius 3 is 2.80 bits per heavy atom. The molecule has 0 radical (unpaired) electrons. The molecule has 0 saturated carbocycles. The number of likely N-dealkylation sites (tertiary alicyclic amines) is 1. The van der Waals surface area contributed by atoms with Gasteiger partial charge in [-0.2, -0.15) is 0 Å². The van der Waals surface area contributed by atoms with Gasteiger partial charge in [0.25, 0.3) is 5.91 Å². The zero-order valence-electron chi connectivity index (χ0n) is 17.8. The highest BCUT2D eigenvalue weighted by Crippen LogP contribution is 2.37. The van der Waals surface area contributed by atoms with Crippen molar-refractivity contribution in [1.82, 2.24) is 10.2 Å². The van der Waals surface area contributed by atoms with Crippen LogP contribution in [-0.2, 0) is 11.3 Å². The summed E-state index contributed by atoms with van der Waals surface area (Å²) in [6, 6.07) is 12.2. The Balaban J connectivity index is 1.58. The smallest absolute Gasteiger partial charge is 0.257 e. The van der Waals surface area contributed by atoms with Gasteiger partial charge in [0.05, 0.1) is 0 Å². The quantitative estimate of drug-likeness (QED) is 0.752. The first kappa shape index (κ1) is 20.5. The molecule has 1 saturated heterocycles. The minimum atomic E-state index is -0.102. The van der Waals surface area contributed by atoms with Crippen LogP contribution in [0.15, 0.2) is 36.4 Å². The Morgan fingerprint density at radius 2 is 1.97 bits per heavy atom. The molecule has 0 aliphatic carbocycles. The lowest BCUT2D eigenvalue weighted by molar-refractivity contribution is -0.123. The molecular weight excluding hydrogens is 380 g/mol. The van der Waals surface area contributed by atoms with Crippen LogP contribution < -0.4 is 19.5 Å². The second-order valence-electron chi connectivity index (χ2n) is 8.12. The number of ether oxygens (including phenoxy) is 3. The number of carbonyl (C=O) groups is 1. The summed E-state index contributed by atoms with van der Waals surface area (Å²) >= 11 is 0. The molecule has 1 N–H and O–H groups in total. The van der Waals surface area contributed by atoms with E-state index in [9.17, 15) is 4.79 Å². The normalized spacial score (nSPS) is 18.3. The zero-order chi connectivity index (χ0) is 20.9. The van der Waals surface area contributed by atoms with Crippen LogP contribution in [0.4, 0.5) is 0 Å². The van der Waals surface area contributed by atoms with E-state index in [1.807, 2.05) is 37.3 Å². The summed E-state index contributed by atoms with van der Waals surface area (Å²) in [7, 11) is 0. The summed E-state index contributed by atoms with van der Waals surface area (Å²) < 4.78 is 16.9. The molecule has 0 bridgehead atoms. The number of carbonyl (C=O) groups excluding carboxylic acids is 1. The molecule has 6 heteroatoms. The summed E-state index contributed by atoms with van der Waals surface area (Å²) in [6.07, 6.45) is 2.51. The van der Waals surface area contributed by atoms with Gasteiger partial charge in [-0.05, 0) is 67.6 Å². The van der Waals surface area contributed by atoms with E-state index in [0.29, 0.717) is 12.5 Å².